The van der Waals surface area contributed by atoms with Gasteiger partial charge in [0.2, 0.25) is 15.9 Å². The summed E-state index contributed by atoms with van der Waals surface area (Å²) in [6, 6.07) is 7.49. The predicted molar refractivity (Wildman–Crippen MR) is 95.3 cm³/mol. The molecular formula is C16H27N3O3S. The fourth-order valence-electron chi connectivity index (χ4n) is 2.09. The van der Waals surface area contributed by atoms with E-state index in [-0.39, 0.29) is 24.8 Å². The molecule has 6 nitrogen and oxygen atoms in total. The summed E-state index contributed by atoms with van der Waals surface area (Å²) in [5, 5.41) is 2.79. The van der Waals surface area contributed by atoms with E-state index >= 15 is 0 Å². The molecule has 1 aromatic rings. The smallest absolute Gasteiger partial charge is 0.225 e. The monoisotopic (exact) mass is 341 g/mol. The molecule has 0 aliphatic rings. The predicted octanol–water partition coefficient (Wildman–Crippen LogP) is 2.00. The lowest BCUT2D eigenvalue weighted by Crippen LogP contribution is -2.35. The molecule has 1 N–H and O–H groups in total. The van der Waals surface area contributed by atoms with Gasteiger partial charge in [-0.2, -0.15) is 0 Å². The fourth-order valence-corrected chi connectivity index (χ4v) is 3.08. The molecule has 0 aliphatic heterocycles. The molecule has 1 rings (SSSR count). The zero-order valence-corrected chi connectivity index (χ0v) is 15.4. The first-order valence-electron chi connectivity index (χ1n) is 7.62. The largest absolute Gasteiger partial charge is 0.378 e. The van der Waals surface area contributed by atoms with E-state index in [0.29, 0.717) is 12.2 Å². The van der Waals surface area contributed by atoms with Gasteiger partial charge in [-0.05, 0) is 30.2 Å². The number of sulfonamides is 1. The second-order valence-electron chi connectivity index (χ2n) is 6.25. The minimum Gasteiger partial charge on any atom is -0.378 e. The van der Waals surface area contributed by atoms with E-state index in [1.54, 1.807) is 0 Å². The lowest BCUT2D eigenvalue weighted by molar-refractivity contribution is -0.116. The third kappa shape index (κ3) is 7.00. The molecule has 0 atom stereocenters. The molecule has 0 heterocycles. The second kappa shape index (κ2) is 8.31. The average molecular weight is 341 g/mol. The van der Waals surface area contributed by atoms with Crippen LogP contribution in [-0.4, -0.2) is 52.1 Å². The van der Waals surface area contributed by atoms with Crippen LogP contribution in [0.2, 0.25) is 0 Å². The Morgan fingerprint density at radius 3 is 2.17 bits per heavy atom. The summed E-state index contributed by atoms with van der Waals surface area (Å²) < 4.78 is 24.8. The van der Waals surface area contributed by atoms with Crippen molar-refractivity contribution in [3.05, 3.63) is 24.3 Å². The summed E-state index contributed by atoms with van der Waals surface area (Å²) in [6.45, 7) is 4.51. The molecule has 7 heteroatoms. The molecule has 0 spiro atoms. The summed E-state index contributed by atoms with van der Waals surface area (Å²) in [5.41, 5.74) is 1.75. The number of benzene rings is 1. The van der Waals surface area contributed by atoms with Crippen LogP contribution in [0.5, 0.6) is 0 Å². The number of nitrogens with zero attached hydrogens (tertiary/aromatic N) is 2. The summed E-state index contributed by atoms with van der Waals surface area (Å²) in [6.07, 6.45) is 1.31. The van der Waals surface area contributed by atoms with Crippen LogP contribution in [0.15, 0.2) is 24.3 Å². The quantitative estimate of drug-likeness (QED) is 0.785. The lowest BCUT2D eigenvalue weighted by atomic mass is 10.2. The highest BCUT2D eigenvalue weighted by atomic mass is 32.2. The molecule has 0 saturated heterocycles. The normalized spacial score (nSPS) is 11.8. The van der Waals surface area contributed by atoms with Crippen LogP contribution in [-0.2, 0) is 14.8 Å². The number of carbonyl (C=O) groups is 1. The van der Waals surface area contributed by atoms with Crippen LogP contribution >= 0.6 is 0 Å². The van der Waals surface area contributed by atoms with Crippen LogP contribution in [0, 0.1) is 5.92 Å². The van der Waals surface area contributed by atoms with Crippen molar-refractivity contribution in [3.8, 4) is 0 Å². The van der Waals surface area contributed by atoms with Crippen molar-refractivity contribution in [1.29, 1.82) is 0 Å². The van der Waals surface area contributed by atoms with Crippen LogP contribution in [0.4, 0.5) is 11.4 Å². The first-order chi connectivity index (χ1) is 10.6. The van der Waals surface area contributed by atoms with Crippen molar-refractivity contribution in [1.82, 2.24) is 4.31 Å². The Kier molecular flexibility index (Phi) is 7.02. The Bertz CT molecular complexity index is 610. The number of amides is 1. The van der Waals surface area contributed by atoms with Gasteiger partial charge < -0.3 is 10.2 Å². The Labute approximate surface area is 139 Å². The summed E-state index contributed by atoms with van der Waals surface area (Å²) >= 11 is 0. The average Bonchev–Trinajstić information content (AvgIpc) is 2.42. The lowest BCUT2D eigenvalue weighted by Gasteiger charge is -2.21. The van der Waals surface area contributed by atoms with Gasteiger partial charge in [-0.3, -0.25) is 4.79 Å². The number of rotatable bonds is 8. The van der Waals surface area contributed by atoms with Crippen molar-refractivity contribution in [2.24, 2.45) is 5.92 Å². The van der Waals surface area contributed by atoms with Gasteiger partial charge in [0, 0.05) is 45.0 Å². The van der Waals surface area contributed by atoms with Gasteiger partial charge in [-0.1, -0.05) is 13.8 Å². The Morgan fingerprint density at radius 2 is 1.74 bits per heavy atom. The van der Waals surface area contributed by atoms with Crippen LogP contribution in [0.3, 0.4) is 0 Å². The van der Waals surface area contributed by atoms with Gasteiger partial charge in [0.15, 0.2) is 0 Å². The third-order valence-electron chi connectivity index (χ3n) is 3.29. The molecule has 0 fully saturated rings. The third-order valence-corrected chi connectivity index (χ3v) is 4.56. The Balaban J connectivity index is 2.58. The molecule has 130 valence electrons. The van der Waals surface area contributed by atoms with E-state index in [1.165, 1.54) is 10.6 Å². The van der Waals surface area contributed by atoms with E-state index in [4.69, 9.17) is 0 Å². The maximum Gasteiger partial charge on any atom is 0.225 e. The molecule has 0 radical (unpaired) electrons. The Morgan fingerprint density at radius 1 is 1.17 bits per heavy atom. The number of hydrogen-bond acceptors (Lipinski definition) is 4. The summed E-state index contributed by atoms with van der Waals surface area (Å²) in [5.74, 6) is 0.0198. The zero-order chi connectivity index (χ0) is 17.6. The first-order valence-corrected chi connectivity index (χ1v) is 9.46. The van der Waals surface area contributed by atoms with Crippen molar-refractivity contribution in [2.45, 2.75) is 20.3 Å². The fraction of sp³-hybridized carbons (Fsp3) is 0.562. The van der Waals surface area contributed by atoms with Crippen LogP contribution in [0.25, 0.3) is 0 Å². The first kappa shape index (κ1) is 19.4. The van der Waals surface area contributed by atoms with Gasteiger partial charge in [-0.25, -0.2) is 12.7 Å². The maximum atomic E-state index is 12.0. The Hall–Kier alpha value is -1.60. The number of carbonyl (C=O) groups excluding carboxylic acids is 1. The highest BCUT2D eigenvalue weighted by Crippen LogP contribution is 2.16. The van der Waals surface area contributed by atoms with Gasteiger partial charge >= 0.3 is 0 Å². The van der Waals surface area contributed by atoms with E-state index in [1.807, 2.05) is 57.1 Å². The summed E-state index contributed by atoms with van der Waals surface area (Å²) in [4.78, 5) is 14.0. The highest BCUT2D eigenvalue weighted by Gasteiger charge is 2.18. The van der Waals surface area contributed by atoms with Crippen molar-refractivity contribution in [3.63, 3.8) is 0 Å². The molecule has 1 amide bonds. The van der Waals surface area contributed by atoms with E-state index in [2.05, 4.69) is 5.32 Å². The highest BCUT2D eigenvalue weighted by molar-refractivity contribution is 7.88. The standard InChI is InChI=1S/C16H27N3O3S/c1-13(2)12-19(23(5,21)22)11-10-16(20)17-14-6-8-15(9-7-14)18(3)4/h6-9,13H,10-12H2,1-5H3,(H,17,20). The van der Waals surface area contributed by atoms with Gasteiger partial charge in [0.1, 0.15) is 0 Å². The topological polar surface area (TPSA) is 69.7 Å². The molecule has 1 aromatic carbocycles. The van der Waals surface area contributed by atoms with Gasteiger partial charge in [-0.15, -0.1) is 0 Å². The van der Waals surface area contributed by atoms with E-state index in [9.17, 15) is 13.2 Å². The van der Waals surface area contributed by atoms with Gasteiger partial charge in [0.25, 0.3) is 0 Å². The zero-order valence-electron chi connectivity index (χ0n) is 14.5. The molecule has 0 aliphatic carbocycles. The molecule has 0 saturated carbocycles. The minimum absolute atomic E-state index is 0.134. The molecular weight excluding hydrogens is 314 g/mol. The SMILES string of the molecule is CC(C)CN(CCC(=O)Nc1ccc(N(C)C)cc1)S(C)(=O)=O. The number of hydrogen-bond donors (Lipinski definition) is 1. The van der Waals surface area contributed by atoms with Crippen LogP contribution in [0.1, 0.15) is 20.3 Å². The molecule has 0 bridgehead atoms. The van der Waals surface area contributed by atoms with Crippen molar-refractivity contribution >= 4 is 27.3 Å². The van der Waals surface area contributed by atoms with Crippen molar-refractivity contribution < 1.29 is 13.2 Å². The van der Waals surface area contributed by atoms with Crippen molar-refractivity contribution in [2.75, 3.05) is 43.7 Å². The number of anilines is 2. The van der Waals surface area contributed by atoms with Crippen LogP contribution < -0.4 is 10.2 Å². The van der Waals surface area contributed by atoms with E-state index in [0.717, 1.165) is 5.69 Å². The maximum absolute atomic E-state index is 12.0. The van der Waals surface area contributed by atoms with Gasteiger partial charge in [0.05, 0.1) is 6.26 Å². The summed E-state index contributed by atoms with van der Waals surface area (Å²) in [7, 11) is 0.597. The molecule has 0 unspecified atom stereocenters. The second-order valence-corrected chi connectivity index (χ2v) is 8.24. The number of nitrogens with one attached hydrogen (secondary N) is 1. The minimum atomic E-state index is -3.30. The molecule has 0 aromatic heterocycles. The van der Waals surface area contributed by atoms with E-state index < -0.39 is 10.0 Å². The molecule has 23 heavy (non-hydrogen) atoms.